The van der Waals surface area contributed by atoms with Crippen LogP contribution in [-0.4, -0.2) is 12.5 Å². The van der Waals surface area contributed by atoms with E-state index in [9.17, 15) is 4.79 Å². The highest BCUT2D eigenvalue weighted by Crippen LogP contribution is 2.20. The fourth-order valence-electron chi connectivity index (χ4n) is 1.41. The lowest BCUT2D eigenvalue weighted by molar-refractivity contribution is -0.121. The van der Waals surface area contributed by atoms with E-state index < -0.39 is 0 Å². The first-order chi connectivity index (χ1) is 7.74. The first-order valence-electron chi connectivity index (χ1n) is 5.69. The van der Waals surface area contributed by atoms with Gasteiger partial charge >= 0.3 is 0 Å². The van der Waals surface area contributed by atoms with Gasteiger partial charge in [0.1, 0.15) is 0 Å². The molecule has 1 aromatic rings. The number of nitrogens with one attached hydrogen (secondary N) is 1. The molecule has 0 saturated carbocycles. The van der Waals surface area contributed by atoms with Crippen LogP contribution >= 0.6 is 15.9 Å². The van der Waals surface area contributed by atoms with Gasteiger partial charge in [-0.1, -0.05) is 59.6 Å². The molecule has 0 aliphatic carbocycles. The molecule has 16 heavy (non-hydrogen) atoms. The molecule has 0 saturated heterocycles. The predicted octanol–water partition coefficient (Wildman–Crippen LogP) is 3.43. The van der Waals surface area contributed by atoms with E-state index in [-0.39, 0.29) is 10.7 Å². The van der Waals surface area contributed by atoms with Crippen LogP contribution in [0.2, 0.25) is 0 Å². The second-order valence-electron chi connectivity index (χ2n) is 3.79. The summed E-state index contributed by atoms with van der Waals surface area (Å²) in [6.45, 7) is 2.73. The van der Waals surface area contributed by atoms with Crippen LogP contribution in [0.4, 0.5) is 0 Å². The zero-order valence-electron chi connectivity index (χ0n) is 9.58. The fraction of sp³-hybridized carbons (Fsp3) is 0.462. The third kappa shape index (κ3) is 4.79. The highest BCUT2D eigenvalue weighted by molar-refractivity contribution is 9.09. The van der Waals surface area contributed by atoms with E-state index in [2.05, 4.69) is 40.3 Å². The van der Waals surface area contributed by atoms with Crippen LogP contribution in [0, 0.1) is 0 Å². The van der Waals surface area contributed by atoms with E-state index in [1.165, 1.54) is 5.56 Å². The Morgan fingerprint density at radius 2 is 2.06 bits per heavy atom. The van der Waals surface area contributed by atoms with E-state index in [0.717, 1.165) is 12.8 Å². The number of hydrogen-bond donors (Lipinski definition) is 1. The minimum Gasteiger partial charge on any atom is -0.355 e. The summed E-state index contributed by atoms with van der Waals surface area (Å²) in [4.78, 5) is 11.6. The minimum atomic E-state index is 0.141. The number of unbranched alkanes of at least 4 members (excludes halogenated alkanes) is 1. The molecule has 1 amide bonds. The van der Waals surface area contributed by atoms with E-state index in [1.54, 1.807) is 0 Å². The zero-order valence-corrected chi connectivity index (χ0v) is 11.2. The van der Waals surface area contributed by atoms with Crippen molar-refractivity contribution in [2.45, 2.75) is 31.0 Å². The number of carbonyl (C=O) groups is 1. The van der Waals surface area contributed by atoms with Crippen molar-refractivity contribution < 1.29 is 4.79 Å². The summed E-state index contributed by atoms with van der Waals surface area (Å²) in [5.41, 5.74) is 1.19. The smallest absolute Gasteiger partial charge is 0.220 e. The number of amides is 1. The van der Waals surface area contributed by atoms with Gasteiger partial charge in [0.15, 0.2) is 0 Å². The number of halogens is 1. The zero-order chi connectivity index (χ0) is 11.8. The standard InChI is InChI=1S/C13H18BrNO/c1-2-3-9-13(16)15-10-12(14)11-7-5-4-6-8-11/h4-8,12H,2-3,9-10H2,1H3,(H,15,16). The summed E-state index contributed by atoms with van der Waals surface area (Å²) < 4.78 is 0. The Labute approximate surface area is 106 Å². The molecular formula is C13H18BrNO. The van der Waals surface area contributed by atoms with Gasteiger partial charge in [-0.15, -0.1) is 0 Å². The number of carbonyl (C=O) groups excluding carboxylic acids is 1. The molecule has 1 aromatic carbocycles. The van der Waals surface area contributed by atoms with Crippen LogP contribution in [0.15, 0.2) is 30.3 Å². The third-order valence-corrected chi connectivity index (χ3v) is 3.25. The Morgan fingerprint density at radius 1 is 1.38 bits per heavy atom. The molecule has 0 aliphatic heterocycles. The molecule has 1 unspecified atom stereocenters. The third-order valence-electron chi connectivity index (χ3n) is 2.40. The van der Waals surface area contributed by atoms with Gasteiger partial charge in [-0.25, -0.2) is 0 Å². The van der Waals surface area contributed by atoms with Crippen LogP contribution < -0.4 is 5.32 Å². The molecule has 0 fully saturated rings. The highest BCUT2D eigenvalue weighted by atomic mass is 79.9. The summed E-state index contributed by atoms with van der Waals surface area (Å²) in [6, 6.07) is 10.1. The van der Waals surface area contributed by atoms with Crippen LogP contribution in [0.3, 0.4) is 0 Å². The van der Waals surface area contributed by atoms with Gasteiger partial charge in [-0.05, 0) is 12.0 Å². The Bertz CT molecular complexity index is 313. The topological polar surface area (TPSA) is 29.1 Å². The van der Waals surface area contributed by atoms with Gasteiger partial charge in [-0.3, -0.25) is 4.79 Å². The van der Waals surface area contributed by atoms with Gasteiger partial charge in [0.05, 0.1) is 4.83 Å². The van der Waals surface area contributed by atoms with E-state index >= 15 is 0 Å². The molecule has 3 heteroatoms. The molecule has 0 aromatic heterocycles. The molecule has 0 heterocycles. The van der Waals surface area contributed by atoms with Crippen molar-refractivity contribution in [3.05, 3.63) is 35.9 Å². The van der Waals surface area contributed by atoms with Crippen molar-refractivity contribution in [2.75, 3.05) is 6.54 Å². The quantitative estimate of drug-likeness (QED) is 0.797. The van der Waals surface area contributed by atoms with Gasteiger partial charge in [0.25, 0.3) is 0 Å². The summed E-state index contributed by atoms with van der Waals surface area (Å²) in [7, 11) is 0. The van der Waals surface area contributed by atoms with Gasteiger partial charge in [-0.2, -0.15) is 0 Å². The maximum absolute atomic E-state index is 11.4. The van der Waals surface area contributed by atoms with E-state index in [0.29, 0.717) is 13.0 Å². The molecule has 0 aliphatic rings. The molecular weight excluding hydrogens is 266 g/mol. The maximum Gasteiger partial charge on any atom is 0.220 e. The average Bonchev–Trinajstić information content (AvgIpc) is 2.34. The predicted molar refractivity (Wildman–Crippen MR) is 70.6 cm³/mol. The van der Waals surface area contributed by atoms with Gasteiger partial charge in [0, 0.05) is 13.0 Å². The second kappa shape index (κ2) is 7.44. The Balaban J connectivity index is 2.30. The lowest BCUT2D eigenvalue weighted by Gasteiger charge is -2.11. The number of hydrogen-bond acceptors (Lipinski definition) is 1. The SMILES string of the molecule is CCCCC(=O)NCC(Br)c1ccccc1. The summed E-state index contributed by atoms with van der Waals surface area (Å²) in [5, 5.41) is 2.93. The van der Waals surface area contributed by atoms with Gasteiger partial charge in [0.2, 0.25) is 5.91 Å². The molecule has 88 valence electrons. The van der Waals surface area contributed by atoms with Crippen molar-refractivity contribution in [1.29, 1.82) is 0 Å². The minimum absolute atomic E-state index is 0.141. The molecule has 0 spiro atoms. The molecule has 1 N–H and O–H groups in total. The first kappa shape index (κ1) is 13.2. The summed E-state index contributed by atoms with van der Waals surface area (Å²) in [6.07, 6.45) is 2.65. The van der Waals surface area contributed by atoms with E-state index in [4.69, 9.17) is 0 Å². The fourth-order valence-corrected chi connectivity index (χ4v) is 1.88. The maximum atomic E-state index is 11.4. The average molecular weight is 284 g/mol. The Morgan fingerprint density at radius 3 is 2.69 bits per heavy atom. The van der Waals surface area contributed by atoms with Crippen molar-refractivity contribution >= 4 is 21.8 Å². The molecule has 2 nitrogen and oxygen atoms in total. The lowest BCUT2D eigenvalue weighted by Crippen LogP contribution is -2.26. The first-order valence-corrected chi connectivity index (χ1v) is 6.61. The van der Waals surface area contributed by atoms with Crippen LogP contribution in [-0.2, 0) is 4.79 Å². The summed E-state index contributed by atoms with van der Waals surface area (Å²) in [5.74, 6) is 0.141. The molecule has 0 bridgehead atoms. The number of rotatable bonds is 6. The van der Waals surface area contributed by atoms with E-state index in [1.807, 2.05) is 18.2 Å². The van der Waals surface area contributed by atoms with Crippen LogP contribution in [0.1, 0.15) is 36.6 Å². The Hall–Kier alpha value is -0.830. The molecule has 1 rings (SSSR count). The number of benzene rings is 1. The lowest BCUT2D eigenvalue weighted by atomic mass is 10.1. The second-order valence-corrected chi connectivity index (χ2v) is 4.89. The normalized spacial score (nSPS) is 12.1. The monoisotopic (exact) mass is 283 g/mol. The largest absolute Gasteiger partial charge is 0.355 e. The van der Waals surface area contributed by atoms with Crippen molar-refractivity contribution in [3.8, 4) is 0 Å². The van der Waals surface area contributed by atoms with Gasteiger partial charge < -0.3 is 5.32 Å². The van der Waals surface area contributed by atoms with Crippen molar-refractivity contribution in [2.24, 2.45) is 0 Å². The van der Waals surface area contributed by atoms with Crippen molar-refractivity contribution in [3.63, 3.8) is 0 Å². The van der Waals surface area contributed by atoms with Crippen molar-refractivity contribution in [1.82, 2.24) is 5.32 Å². The van der Waals surface area contributed by atoms with Crippen LogP contribution in [0.5, 0.6) is 0 Å². The molecule has 0 radical (unpaired) electrons. The Kier molecular flexibility index (Phi) is 6.16. The number of alkyl halides is 1. The summed E-state index contributed by atoms with van der Waals surface area (Å²) >= 11 is 3.57. The molecule has 1 atom stereocenters. The van der Waals surface area contributed by atoms with Crippen LogP contribution in [0.25, 0.3) is 0 Å². The highest BCUT2D eigenvalue weighted by Gasteiger charge is 2.08.